The monoisotopic (exact) mass is 513 g/mol. The van der Waals surface area contributed by atoms with Gasteiger partial charge in [0.05, 0.1) is 17.2 Å². The van der Waals surface area contributed by atoms with Crippen LogP contribution in [0, 0.1) is 6.92 Å². The molecule has 0 fully saturated rings. The number of hydrogen-bond acceptors (Lipinski definition) is 3. The molecule has 0 aliphatic rings. The molecule has 0 radical (unpaired) electrons. The second kappa shape index (κ2) is 9.94. The lowest BCUT2D eigenvalue weighted by Gasteiger charge is -2.15. The lowest BCUT2D eigenvalue weighted by atomic mass is 10.1. The molecule has 0 aliphatic carbocycles. The molecule has 0 amide bonds. The highest BCUT2D eigenvalue weighted by Crippen LogP contribution is 2.35. The van der Waals surface area contributed by atoms with E-state index in [9.17, 15) is 0 Å². The van der Waals surface area contributed by atoms with Crippen molar-refractivity contribution < 1.29 is 9.47 Å². The zero-order chi connectivity index (χ0) is 21.0. The molecule has 3 aromatic rings. The number of anilines is 1. The van der Waals surface area contributed by atoms with Crippen molar-refractivity contribution in [1.82, 2.24) is 0 Å². The Kier molecular flexibility index (Phi) is 7.58. The van der Waals surface area contributed by atoms with Crippen molar-refractivity contribution in [2.45, 2.75) is 20.1 Å². The van der Waals surface area contributed by atoms with E-state index in [-0.39, 0.29) is 0 Å². The van der Waals surface area contributed by atoms with Crippen LogP contribution in [0.4, 0.5) is 5.69 Å². The molecule has 7 heteroatoms. The highest BCUT2D eigenvalue weighted by molar-refractivity contribution is 9.10. The molecule has 1 N–H and O–H groups in total. The van der Waals surface area contributed by atoms with Crippen LogP contribution in [0.3, 0.4) is 0 Å². The maximum absolute atomic E-state index is 6.20. The lowest BCUT2D eigenvalue weighted by molar-refractivity contribution is 0.284. The summed E-state index contributed by atoms with van der Waals surface area (Å²) in [6.45, 7) is 2.92. The molecule has 0 aliphatic heterocycles. The average molecular weight is 516 g/mol. The molecule has 0 aromatic heterocycles. The lowest BCUT2D eigenvalue weighted by Crippen LogP contribution is -2.03. The normalized spacial score (nSPS) is 10.7. The van der Waals surface area contributed by atoms with Crippen LogP contribution in [0.15, 0.2) is 53.0 Å². The predicted molar refractivity (Wildman–Crippen MR) is 125 cm³/mol. The summed E-state index contributed by atoms with van der Waals surface area (Å²) in [6, 6.07) is 15.2. The van der Waals surface area contributed by atoms with Gasteiger partial charge in [0.2, 0.25) is 0 Å². The molecule has 0 atom stereocenters. The second-order valence-electron chi connectivity index (χ2n) is 6.45. The Labute approximate surface area is 194 Å². The number of methoxy groups -OCH3 is 1. The maximum atomic E-state index is 6.20. The summed E-state index contributed by atoms with van der Waals surface area (Å²) in [7, 11) is 1.62. The molecule has 0 saturated heterocycles. The van der Waals surface area contributed by atoms with E-state index >= 15 is 0 Å². The Morgan fingerprint density at radius 2 is 1.69 bits per heavy atom. The van der Waals surface area contributed by atoms with Crippen LogP contribution in [-0.4, -0.2) is 7.11 Å². The van der Waals surface area contributed by atoms with Crippen molar-refractivity contribution >= 4 is 56.4 Å². The molecule has 29 heavy (non-hydrogen) atoms. The van der Waals surface area contributed by atoms with Crippen molar-refractivity contribution in [3.8, 4) is 11.5 Å². The Hall–Kier alpha value is -1.59. The van der Waals surface area contributed by atoms with Gasteiger partial charge in [-0.2, -0.15) is 0 Å². The number of aryl methyl sites for hydroxylation is 1. The first-order chi connectivity index (χ1) is 13.9. The third kappa shape index (κ3) is 5.73. The topological polar surface area (TPSA) is 30.5 Å². The van der Waals surface area contributed by atoms with Gasteiger partial charge in [0.15, 0.2) is 11.5 Å². The van der Waals surface area contributed by atoms with Gasteiger partial charge in [0, 0.05) is 21.7 Å². The molecule has 0 heterocycles. The van der Waals surface area contributed by atoms with Gasteiger partial charge in [-0.15, -0.1) is 0 Å². The highest BCUT2D eigenvalue weighted by Gasteiger charge is 2.11. The number of nitrogens with one attached hydrogen (secondary N) is 1. The van der Waals surface area contributed by atoms with Crippen LogP contribution in [0.1, 0.15) is 16.7 Å². The van der Waals surface area contributed by atoms with E-state index < -0.39 is 0 Å². The Morgan fingerprint density at radius 1 is 0.897 bits per heavy atom. The van der Waals surface area contributed by atoms with Crippen molar-refractivity contribution in [2.75, 3.05) is 12.4 Å². The van der Waals surface area contributed by atoms with Gasteiger partial charge in [-0.1, -0.05) is 62.9 Å². The molecule has 3 nitrogen and oxygen atoms in total. The van der Waals surface area contributed by atoms with Gasteiger partial charge in [-0.3, -0.25) is 0 Å². The van der Waals surface area contributed by atoms with E-state index in [0.29, 0.717) is 34.7 Å². The first kappa shape index (κ1) is 22.1. The predicted octanol–water partition coefficient (Wildman–Crippen LogP) is 7.92. The second-order valence-corrected chi connectivity index (χ2v) is 8.53. The molecule has 0 unspecified atom stereocenters. The number of rotatable bonds is 7. The van der Waals surface area contributed by atoms with Crippen LogP contribution in [-0.2, 0) is 13.2 Å². The fourth-order valence-electron chi connectivity index (χ4n) is 2.68. The molecule has 0 bridgehead atoms. The zero-order valence-electron chi connectivity index (χ0n) is 15.9. The molecule has 0 saturated carbocycles. The summed E-state index contributed by atoms with van der Waals surface area (Å²) < 4.78 is 12.4. The minimum absolute atomic E-state index is 0.346. The van der Waals surface area contributed by atoms with Gasteiger partial charge in [-0.25, -0.2) is 0 Å². The van der Waals surface area contributed by atoms with Gasteiger partial charge in [0.25, 0.3) is 0 Å². The zero-order valence-corrected chi connectivity index (χ0v) is 19.7. The van der Waals surface area contributed by atoms with Gasteiger partial charge in [0.1, 0.15) is 6.61 Å². The highest BCUT2D eigenvalue weighted by atomic mass is 79.9. The van der Waals surface area contributed by atoms with Gasteiger partial charge >= 0.3 is 0 Å². The maximum Gasteiger partial charge on any atom is 0.162 e. The smallest absolute Gasteiger partial charge is 0.162 e. The van der Waals surface area contributed by atoms with Crippen LogP contribution in [0.5, 0.6) is 11.5 Å². The molecule has 152 valence electrons. The standard InChI is InChI=1S/C22H19BrCl3NO2/c1-13-3-5-16(9-19(13)25)27-11-15-8-21(28-2)22(10-17(15)23)29-12-14-4-6-18(24)20(26)7-14/h3-10,27H,11-12H2,1-2H3. The van der Waals surface area contributed by atoms with E-state index in [1.54, 1.807) is 19.2 Å². The Bertz CT molecular complexity index is 1030. The molecular formula is C22H19BrCl3NO2. The quantitative estimate of drug-likeness (QED) is 0.347. The molecular weight excluding hydrogens is 497 g/mol. The minimum atomic E-state index is 0.346. The Balaban J connectivity index is 1.72. The summed E-state index contributed by atoms with van der Waals surface area (Å²) in [6.07, 6.45) is 0. The third-order valence-electron chi connectivity index (χ3n) is 4.37. The SMILES string of the molecule is COc1cc(CNc2ccc(C)c(Cl)c2)c(Br)cc1OCc1ccc(Cl)c(Cl)c1. The van der Waals surface area contributed by atoms with Crippen LogP contribution in [0.25, 0.3) is 0 Å². The molecule has 3 aromatic carbocycles. The molecule has 3 rings (SSSR count). The largest absolute Gasteiger partial charge is 0.493 e. The third-order valence-corrected chi connectivity index (χ3v) is 6.25. The van der Waals surface area contributed by atoms with Gasteiger partial charge < -0.3 is 14.8 Å². The first-order valence-electron chi connectivity index (χ1n) is 8.80. The van der Waals surface area contributed by atoms with E-state index in [0.717, 1.165) is 31.9 Å². The van der Waals surface area contributed by atoms with E-state index in [2.05, 4.69) is 21.2 Å². The Morgan fingerprint density at radius 3 is 2.38 bits per heavy atom. The fourth-order valence-corrected chi connectivity index (χ4v) is 3.64. The summed E-state index contributed by atoms with van der Waals surface area (Å²) in [4.78, 5) is 0. The van der Waals surface area contributed by atoms with E-state index in [1.807, 2.05) is 43.3 Å². The van der Waals surface area contributed by atoms with Gasteiger partial charge in [-0.05, 0) is 60.0 Å². The van der Waals surface area contributed by atoms with Crippen LogP contribution in [0.2, 0.25) is 15.1 Å². The summed E-state index contributed by atoms with van der Waals surface area (Å²) in [5, 5.41) is 5.12. The van der Waals surface area contributed by atoms with E-state index in [4.69, 9.17) is 44.3 Å². The van der Waals surface area contributed by atoms with E-state index in [1.165, 1.54) is 0 Å². The van der Waals surface area contributed by atoms with Crippen molar-refractivity contribution in [3.63, 3.8) is 0 Å². The van der Waals surface area contributed by atoms with Crippen molar-refractivity contribution in [1.29, 1.82) is 0 Å². The average Bonchev–Trinajstić information content (AvgIpc) is 2.70. The summed E-state index contributed by atoms with van der Waals surface area (Å²) in [5.74, 6) is 1.28. The fraction of sp³-hybridized carbons (Fsp3) is 0.182. The summed E-state index contributed by atoms with van der Waals surface area (Å²) >= 11 is 21.8. The first-order valence-corrected chi connectivity index (χ1v) is 10.7. The number of halogens is 4. The minimum Gasteiger partial charge on any atom is -0.493 e. The number of ether oxygens (including phenoxy) is 2. The molecule has 0 spiro atoms. The summed E-state index contributed by atoms with van der Waals surface area (Å²) in [5.41, 5.74) is 3.94. The van der Waals surface area contributed by atoms with Crippen molar-refractivity contribution in [2.24, 2.45) is 0 Å². The van der Waals surface area contributed by atoms with Crippen LogP contribution < -0.4 is 14.8 Å². The number of hydrogen-bond donors (Lipinski definition) is 1. The van der Waals surface area contributed by atoms with Crippen LogP contribution >= 0.6 is 50.7 Å². The van der Waals surface area contributed by atoms with Crippen molar-refractivity contribution in [3.05, 3.63) is 84.8 Å². The number of benzene rings is 3.